The molecule has 29 heavy (non-hydrogen) atoms. The quantitative estimate of drug-likeness (QED) is 0.601. The Kier molecular flexibility index (Phi) is 8.09. The third-order valence-electron chi connectivity index (χ3n) is 6.01. The van der Waals surface area contributed by atoms with Crippen LogP contribution in [0.5, 0.6) is 0 Å². The van der Waals surface area contributed by atoms with Gasteiger partial charge in [0.05, 0.1) is 4.90 Å². The van der Waals surface area contributed by atoms with Gasteiger partial charge in [-0.3, -0.25) is 4.79 Å². The normalized spacial score (nSPS) is 21.3. The van der Waals surface area contributed by atoms with Gasteiger partial charge in [0.1, 0.15) is 0 Å². The average molecular weight is 422 g/mol. The van der Waals surface area contributed by atoms with Gasteiger partial charge in [0.25, 0.3) is 5.91 Å². The summed E-state index contributed by atoms with van der Waals surface area (Å²) in [4.78, 5) is 15.1. The standard InChI is InChI=1S/C22H35N3O3S/c1-18-8-7-15-25(17-18)14-5-4-13-23-22(26)19-9-6-12-21(16-19)29(27,28)24-20-10-2-3-11-20/h6,9,12,16,18,20,24H,2-5,7-8,10-11,13-15,17H2,1H3,(H,23,26)/t18-/m1/s1. The summed E-state index contributed by atoms with van der Waals surface area (Å²) in [6.07, 6.45) is 8.50. The lowest BCUT2D eigenvalue weighted by molar-refractivity contribution is 0.0952. The SMILES string of the molecule is C[C@@H]1CCCN(CCCCNC(=O)c2cccc(S(=O)(=O)NC3CCCC3)c2)C1. The van der Waals surface area contributed by atoms with Crippen LogP contribution in [0.4, 0.5) is 0 Å². The highest BCUT2D eigenvalue weighted by molar-refractivity contribution is 7.89. The first-order valence-electron chi connectivity index (χ1n) is 11.1. The fourth-order valence-corrected chi connectivity index (χ4v) is 5.74. The van der Waals surface area contributed by atoms with Crippen LogP contribution in [-0.4, -0.2) is 51.4 Å². The van der Waals surface area contributed by atoms with E-state index >= 15 is 0 Å². The van der Waals surface area contributed by atoms with Crippen LogP contribution in [0.1, 0.15) is 68.6 Å². The van der Waals surface area contributed by atoms with E-state index in [1.807, 2.05) is 0 Å². The number of nitrogens with one attached hydrogen (secondary N) is 2. The summed E-state index contributed by atoms with van der Waals surface area (Å²) in [7, 11) is -3.58. The largest absolute Gasteiger partial charge is 0.352 e. The molecular formula is C22H35N3O3S. The van der Waals surface area contributed by atoms with E-state index in [-0.39, 0.29) is 16.8 Å². The molecule has 0 bridgehead atoms. The predicted octanol–water partition coefficient (Wildman–Crippen LogP) is 3.15. The highest BCUT2D eigenvalue weighted by Crippen LogP contribution is 2.21. The number of sulfonamides is 1. The van der Waals surface area contributed by atoms with Crippen LogP contribution in [-0.2, 0) is 10.0 Å². The minimum atomic E-state index is -3.58. The number of hydrogen-bond acceptors (Lipinski definition) is 4. The second-order valence-corrected chi connectivity index (χ2v) is 10.4. The number of carbonyl (C=O) groups is 1. The summed E-state index contributed by atoms with van der Waals surface area (Å²) in [5.74, 6) is 0.574. The fraction of sp³-hybridized carbons (Fsp3) is 0.682. The van der Waals surface area contributed by atoms with Crippen LogP contribution in [0.25, 0.3) is 0 Å². The molecule has 2 aliphatic rings. The molecular weight excluding hydrogens is 386 g/mol. The number of hydrogen-bond donors (Lipinski definition) is 2. The van der Waals surface area contributed by atoms with E-state index in [9.17, 15) is 13.2 Å². The van der Waals surface area contributed by atoms with E-state index in [0.717, 1.165) is 51.0 Å². The monoisotopic (exact) mass is 421 g/mol. The molecule has 2 N–H and O–H groups in total. The number of unbranched alkanes of at least 4 members (excludes halogenated alkanes) is 1. The molecule has 1 saturated carbocycles. The summed E-state index contributed by atoms with van der Waals surface area (Å²) < 4.78 is 27.9. The smallest absolute Gasteiger partial charge is 0.251 e. The molecule has 1 aliphatic carbocycles. The minimum Gasteiger partial charge on any atom is -0.352 e. The van der Waals surface area contributed by atoms with E-state index in [1.54, 1.807) is 18.2 Å². The van der Waals surface area contributed by atoms with Crippen molar-refractivity contribution in [3.8, 4) is 0 Å². The van der Waals surface area contributed by atoms with Gasteiger partial charge in [-0.15, -0.1) is 0 Å². The van der Waals surface area contributed by atoms with Crippen molar-refractivity contribution in [3.63, 3.8) is 0 Å². The second kappa shape index (κ2) is 10.5. The Morgan fingerprint density at radius 3 is 2.69 bits per heavy atom. The first-order valence-corrected chi connectivity index (χ1v) is 12.6. The molecule has 1 aromatic rings. The minimum absolute atomic E-state index is 0.0142. The van der Waals surface area contributed by atoms with Crippen LogP contribution in [0.2, 0.25) is 0 Å². The Balaban J connectivity index is 1.44. The van der Waals surface area contributed by atoms with Crippen LogP contribution in [0.3, 0.4) is 0 Å². The summed E-state index contributed by atoms with van der Waals surface area (Å²) in [6, 6.07) is 6.34. The highest BCUT2D eigenvalue weighted by atomic mass is 32.2. The molecule has 1 saturated heterocycles. The van der Waals surface area contributed by atoms with E-state index in [2.05, 4.69) is 21.9 Å². The zero-order valence-corrected chi connectivity index (χ0v) is 18.3. The molecule has 3 rings (SSSR count). The highest BCUT2D eigenvalue weighted by Gasteiger charge is 2.23. The lowest BCUT2D eigenvalue weighted by Gasteiger charge is -2.30. The molecule has 1 aliphatic heterocycles. The van der Waals surface area contributed by atoms with Crippen LogP contribution >= 0.6 is 0 Å². The van der Waals surface area contributed by atoms with Gasteiger partial charge in [0.15, 0.2) is 0 Å². The zero-order valence-electron chi connectivity index (χ0n) is 17.5. The molecule has 1 amide bonds. The predicted molar refractivity (Wildman–Crippen MR) is 115 cm³/mol. The molecule has 1 heterocycles. The Morgan fingerprint density at radius 1 is 1.14 bits per heavy atom. The molecule has 1 atom stereocenters. The average Bonchev–Trinajstić information content (AvgIpc) is 3.20. The summed E-state index contributed by atoms with van der Waals surface area (Å²) in [6.45, 7) is 6.37. The van der Waals surface area contributed by atoms with Crippen molar-refractivity contribution in [2.45, 2.75) is 69.2 Å². The van der Waals surface area contributed by atoms with Gasteiger partial charge in [-0.05, 0) is 75.7 Å². The van der Waals surface area contributed by atoms with E-state index in [0.29, 0.717) is 12.1 Å². The maximum Gasteiger partial charge on any atom is 0.251 e. The first kappa shape index (κ1) is 22.2. The van der Waals surface area contributed by atoms with Crippen LogP contribution < -0.4 is 10.0 Å². The first-order chi connectivity index (χ1) is 13.9. The molecule has 1 aromatic carbocycles. The summed E-state index contributed by atoms with van der Waals surface area (Å²) >= 11 is 0. The number of carbonyl (C=O) groups excluding carboxylic acids is 1. The zero-order chi connectivity index (χ0) is 20.7. The van der Waals surface area contributed by atoms with Gasteiger partial charge in [-0.2, -0.15) is 0 Å². The molecule has 6 nitrogen and oxygen atoms in total. The molecule has 2 fully saturated rings. The molecule has 0 aromatic heterocycles. The molecule has 7 heteroatoms. The maximum absolute atomic E-state index is 12.6. The van der Waals surface area contributed by atoms with Crippen molar-refractivity contribution in [2.75, 3.05) is 26.2 Å². The number of rotatable bonds is 9. The lowest BCUT2D eigenvalue weighted by Crippen LogP contribution is -2.35. The van der Waals surface area contributed by atoms with Gasteiger partial charge in [-0.25, -0.2) is 13.1 Å². The van der Waals surface area contributed by atoms with Crippen molar-refractivity contribution < 1.29 is 13.2 Å². The van der Waals surface area contributed by atoms with Gasteiger partial charge in [-0.1, -0.05) is 25.8 Å². The molecule has 0 unspecified atom stereocenters. The van der Waals surface area contributed by atoms with Crippen molar-refractivity contribution in [3.05, 3.63) is 29.8 Å². The van der Waals surface area contributed by atoms with Gasteiger partial charge >= 0.3 is 0 Å². The Labute approximate surface area is 175 Å². The molecule has 0 radical (unpaired) electrons. The Bertz CT molecular complexity index is 775. The number of likely N-dealkylation sites (tertiary alicyclic amines) is 1. The maximum atomic E-state index is 12.6. The molecule has 162 valence electrons. The van der Waals surface area contributed by atoms with Crippen molar-refractivity contribution in [1.82, 2.24) is 14.9 Å². The number of benzene rings is 1. The number of nitrogens with zero attached hydrogens (tertiary/aromatic N) is 1. The van der Waals surface area contributed by atoms with E-state index in [4.69, 9.17) is 0 Å². The Hall–Kier alpha value is -1.44. The number of piperidine rings is 1. The topological polar surface area (TPSA) is 78.5 Å². The second-order valence-electron chi connectivity index (χ2n) is 8.64. The molecule has 0 spiro atoms. The van der Waals surface area contributed by atoms with Gasteiger partial charge in [0, 0.05) is 24.7 Å². The van der Waals surface area contributed by atoms with Crippen LogP contribution in [0, 0.1) is 5.92 Å². The van der Waals surface area contributed by atoms with E-state index in [1.165, 1.54) is 32.0 Å². The third kappa shape index (κ3) is 6.79. The Morgan fingerprint density at radius 2 is 1.93 bits per heavy atom. The number of amides is 1. The summed E-state index contributed by atoms with van der Waals surface area (Å²) in [5, 5.41) is 2.92. The van der Waals surface area contributed by atoms with Gasteiger partial charge in [0.2, 0.25) is 10.0 Å². The van der Waals surface area contributed by atoms with E-state index < -0.39 is 10.0 Å². The third-order valence-corrected chi connectivity index (χ3v) is 7.53. The fourth-order valence-electron chi connectivity index (χ4n) is 4.39. The van der Waals surface area contributed by atoms with Gasteiger partial charge < -0.3 is 10.2 Å². The van der Waals surface area contributed by atoms with Crippen LogP contribution in [0.15, 0.2) is 29.2 Å². The summed E-state index contributed by atoms with van der Waals surface area (Å²) in [5.41, 5.74) is 0.393. The van der Waals surface area contributed by atoms with Crippen molar-refractivity contribution >= 4 is 15.9 Å². The van der Waals surface area contributed by atoms with Crippen molar-refractivity contribution in [2.24, 2.45) is 5.92 Å². The van der Waals surface area contributed by atoms with Crippen molar-refractivity contribution in [1.29, 1.82) is 0 Å². The lowest BCUT2D eigenvalue weighted by atomic mass is 10.0.